The zero-order valence-corrected chi connectivity index (χ0v) is 42.2. The Morgan fingerprint density at radius 2 is 0.606 bits per heavy atom. The average molecular weight is 889 g/mol. The van der Waals surface area contributed by atoms with Crippen LogP contribution in [0.1, 0.15) is 52.7 Å². The molecule has 0 saturated carbocycles. The second kappa shape index (κ2) is 15.0. The summed E-state index contributed by atoms with van der Waals surface area (Å²) in [6.45, 7) is 23.8. The van der Waals surface area contributed by atoms with Gasteiger partial charge < -0.3 is 9.80 Å². The molecule has 2 heterocycles. The highest BCUT2D eigenvalue weighted by atomic mass is 28.3. The zero-order valence-electron chi connectivity index (χ0n) is 40.2. The van der Waals surface area contributed by atoms with Crippen molar-refractivity contribution in [3.63, 3.8) is 0 Å². The molecule has 66 heavy (non-hydrogen) atoms. The normalized spacial score (nSPS) is 15.0. The van der Waals surface area contributed by atoms with Crippen LogP contribution in [0.2, 0.25) is 26.2 Å². The molecule has 0 unspecified atom stereocenters. The van der Waals surface area contributed by atoms with Crippen LogP contribution in [0.25, 0.3) is 43.8 Å². The summed E-state index contributed by atoms with van der Waals surface area (Å²) < 4.78 is 0. The summed E-state index contributed by atoms with van der Waals surface area (Å²) in [6, 6.07) is 70.1. The SMILES string of the molecule is CC(C)(C)c1ccc(-c2c3ccc(N4c5ccccc5[Si](C)(C)c5ccccc54)cc3c(-c3ccc(C(C)(C)C)cc3)c3ccc(N4c5ccccc5[Si](C)(C)c5ccccc54)cc23)cc1. The topological polar surface area (TPSA) is 6.48 Å². The van der Waals surface area contributed by atoms with Crippen LogP contribution >= 0.6 is 0 Å². The van der Waals surface area contributed by atoms with E-state index in [1.165, 1.54) is 110 Å². The van der Waals surface area contributed by atoms with Crippen LogP contribution < -0.4 is 30.5 Å². The second-order valence-corrected chi connectivity index (χ2v) is 30.5. The van der Waals surface area contributed by atoms with E-state index in [1.807, 2.05) is 0 Å². The van der Waals surface area contributed by atoms with E-state index in [0.29, 0.717) is 0 Å². The van der Waals surface area contributed by atoms with Gasteiger partial charge in [0.2, 0.25) is 0 Å². The van der Waals surface area contributed by atoms with Crippen LogP contribution in [0.3, 0.4) is 0 Å². The Kier molecular flexibility index (Phi) is 9.61. The molecule has 0 bridgehead atoms. The van der Waals surface area contributed by atoms with Crippen molar-refractivity contribution in [1.29, 1.82) is 0 Å². The Balaban J connectivity index is 1.24. The number of hydrogen-bond acceptors (Lipinski definition) is 2. The Morgan fingerprint density at radius 1 is 0.318 bits per heavy atom. The number of anilines is 6. The van der Waals surface area contributed by atoms with Crippen molar-refractivity contribution >= 4 is 92.6 Å². The fourth-order valence-corrected chi connectivity index (χ4v) is 17.2. The zero-order chi connectivity index (χ0) is 45.9. The van der Waals surface area contributed by atoms with Crippen molar-refractivity contribution in [2.75, 3.05) is 9.80 Å². The summed E-state index contributed by atoms with van der Waals surface area (Å²) >= 11 is 0. The highest BCUT2D eigenvalue weighted by Gasteiger charge is 2.40. The predicted octanol–water partition coefficient (Wildman–Crippen LogP) is 15.1. The number of para-hydroxylation sites is 4. The maximum atomic E-state index is 2.54. The van der Waals surface area contributed by atoms with Crippen molar-refractivity contribution in [1.82, 2.24) is 0 Å². The quantitative estimate of drug-likeness (QED) is 0.128. The van der Waals surface area contributed by atoms with Gasteiger partial charge in [-0.3, -0.25) is 0 Å². The van der Waals surface area contributed by atoms with Gasteiger partial charge in [-0.2, -0.15) is 0 Å². The van der Waals surface area contributed by atoms with Gasteiger partial charge in [-0.05, 0) is 135 Å². The first kappa shape index (κ1) is 42.2. The number of benzene rings is 9. The third kappa shape index (κ3) is 6.55. The monoisotopic (exact) mass is 888 g/mol. The predicted molar refractivity (Wildman–Crippen MR) is 293 cm³/mol. The third-order valence-electron chi connectivity index (χ3n) is 15.0. The summed E-state index contributed by atoms with van der Waals surface area (Å²) in [7, 11) is -3.94. The minimum Gasteiger partial charge on any atom is -0.311 e. The molecular formula is C62H60N2Si2. The lowest BCUT2D eigenvalue weighted by Crippen LogP contribution is -2.58. The van der Waals surface area contributed by atoms with Gasteiger partial charge >= 0.3 is 0 Å². The minimum absolute atomic E-state index is 0.0401. The molecule has 2 nitrogen and oxygen atoms in total. The maximum absolute atomic E-state index is 2.54. The van der Waals surface area contributed by atoms with Crippen molar-refractivity contribution in [2.24, 2.45) is 0 Å². The van der Waals surface area contributed by atoms with Gasteiger partial charge in [0.15, 0.2) is 0 Å². The first-order valence-electron chi connectivity index (χ1n) is 23.8. The third-order valence-corrected chi connectivity index (χ3v) is 22.0. The first-order chi connectivity index (χ1) is 31.5. The summed E-state index contributed by atoms with van der Waals surface area (Å²) in [4.78, 5) is 5.08. The van der Waals surface area contributed by atoms with Gasteiger partial charge in [0.05, 0.1) is 0 Å². The van der Waals surface area contributed by atoms with E-state index in [0.717, 1.165) is 0 Å². The van der Waals surface area contributed by atoms with E-state index >= 15 is 0 Å². The lowest BCUT2D eigenvalue weighted by Gasteiger charge is -2.41. The van der Waals surface area contributed by atoms with Gasteiger partial charge in [-0.1, -0.05) is 201 Å². The molecule has 0 spiro atoms. The lowest BCUT2D eigenvalue weighted by molar-refractivity contribution is 0.590. The smallest absolute Gasteiger partial charge is 0.117 e. The standard InChI is InChI=1S/C62H60N2Si2/c1-61(2,3)43-31-27-41(28-32-43)59-47-37-35-46(64-53-21-13-17-25-57(53)66(9,10)58-26-18-14-22-54(58)64)40-50(47)60(42-29-33-44(34-30-42)62(4,5)6)48-38-36-45(39-49(48)59)63-51-19-11-15-23-55(51)65(7,8)56-24-16-12-20-52(56)63/h11-40H,1-10H3. The number of hydrogen-bond donors (Lipinski definition) is 0. The molecule has 0 atom stereocenters. The lowest BCUT2D eigenvalue weighted by atomic mass is 9.82. The number of nitrogens with zero attached hydrogens (tertiary/aromatic N) is 2. The molecule has 326 valence electrons. The van der Waals surface area contributed by atoms with Gasteiger partial charge in [0, 0.05) is 34.1 Å². The van der Waals surface area contributed by atoms with E-state index in [9.17, 15) is 0 Å². The minimum atomic E-state index is -1.97. The molecule has 2 aliphatic rings. The van der Waals surface area contributed by atoms with E-state index in [1.54, 1.807) is 0 Å². The van der Waals surface area contributed by atoms with Crippen LogP contribution in [0.15, 0.2) is 182 Å². The van der Waals surface area contributed by atoms with Gasteiger partial charge in [0.25, 0.3) is 0 Å². The number of rotatable bonds is 4. The molecule has 0 aromatic heterocycles. The largest absolute Gasteiger partial charge is 0.311 e. The van der Waals surface area contributed by atoms with Gasteiger partial charge in [0.1, 0.15) is 16.1 Å². The summed E-state index contributed by atoms with van der Waals surface area (Å²) in [5.74, 6) is 0. The van der Waals surface area contributed by atoms with E-state index in [-0.39, 0.29) is 10.8 Å². The molecule has 0 radical (unpaired) electrons. The number of fused-ring (bicyclic) bond motifs is 6. The summed E-state index contributed by atoms with van der Waals surface area (Å²) in [5.41, 5.74) is 15.3. The Hall–Kier alpha value is -6.47. The van der Waals surface area contributed by atoms with Crippen molar-refractivity contribution < 1.29 is 0 Å². The van der Waals surface area contributed by atoms with Crippen molar-refractivity contribution in [3.05, 3.63) is 193 Å². The molecule has 9 aromatic carbocycles. The molecule has 9 aromatic rings. The van der Waals surface area contributed by atoms with E-state index < -0.39 is 16.1 Å². The average Bonchev–Trinajstić information content (AvgIpc) is 3.30. The van der Waals surface area contributed by atoms with E-state index in [2.05, 4.69) is 260 Å². The maximum Gasteiger partial charge on any atom is 0.117 e. The van der Waals surface area contributed by atoms with Crippen LogP contribution in [-0.4, -0.2) is 16.1 Å². The molecule has 0 amide bonds. The molecule has 2 aliphatic heterocycles. The molecule has 0 saturated heterocycles. The highest BCUT2D eigenvalue weighted by molar-refractivity contribution is 7.03. The van der Waals surface area contributed by atoms with Crippen LogP contribution in [-0.2, 0) is 10.8 Å². The fraction of sp³-hybridized carbons (Fsp3) is 0.194. The highest BCUT2D eigenvalue weighted by Crippen LogP contribution is 2.49. The molecule has 0 fully saturated rings. The van der Waals surface area contributed by atoms with Crippen LogP contribution in [0, 0.1) is 0 Å². The molecule has 0 N–H and O–H groups in total. The van der Waals surface area contributed by atoms with Crippen molar-refractivity contribution in [2.45, 2.75) is 78.6 Å². The Labute approximate surface area is 394 Å². The molecule has 11 rings (SSSR count). The first-order valence-corrected chi connectivity index (χ1v) is 29.8. The fourth-order valence-electron chi connectivity index (χ4n) is 11.3. The second-order valence-electron chi connectivity index (χ2n) is 21.9. The van der Waals surface area contributed by atoms with Gasteiger partial charge in [-0.25, -0.2) is 0 Å². The van der Waals surface area contributed by atoms with Gasteiger partial charge in [-0.15, -0.1) is 0 Å². The van der Waals surface area contributed by atoms with E-state index in [4.69, 9.17) is 0 Å². The summed E-state index contributed by atoms with van der Waals surface area (Å²) in [5, 5.41) is 10.9. The molecular weight excluding hydrogens is 829 g/mol. The van der Waals surface area contributed by atoms with Crippen LogP contribution in [0.4, 0.5) is 34.1 Å². The summed E-state index contributed by atoms with van der Waals surface area (Å²) in [6.07, 6.45) is 0. The molecule has 4 heteroatoms. The van der Waals surface area contributed by atoms with Crippen molar-refractivity contribution in [3.8, 4) is 22.3 Å². The molecule has 0 aliphatic carbocycles. The van der Waals surface area contributed by atoms with Crippen LogP contribution in [0.5, 0.6) is 0 Å². The Bertz CT molecular complexity index is 3060. The Morgan fingerprint density at radius 3 is 0.894 bits per heavy atom.